The fourth-order valence-corrected chi connectivity index (χ4v) is 4.38. The SMILES string of the molecule is Clc1cc(Cl)cc(Nc2nc3cnc(CC4CC4)nc3n2C2CCNCC2)c1. The average molecular weight is 417 g/mol. The number of anilines is 2. The van der Waals surface area contributed by atoms with Crippen LogP contribution in [-0.2, 0) is 6.42 Å². The van der Waals surface area contributed by atoms with E-state index in [-0.39, 0.29) is 0 Å². The van der Waals surface area contributed by atoms with Gasteiger partial charge in [0, 0.05) is 28.2 Å². The quantitative estimate of drug-likeness (QED) is 0.627. The standard InChI is InChI=1S/C20H22Cl2N6/c21-13-8-14(22)10-15(9-13)25-20-26-17-11-24-18(7-12-1-2-12)27-19(17)28(20)16-3-5-23-6-4-16/h8-12,16,23H,1-7H2,(H,25,26). The highest BCUT2D eigenvalue weighted by Crippen LogP contribution is 2.34. The first kappa shape index (κ1) is 18.2. The predicted molar refractivity (Wildman–Crippen MR) is 113 cm³/mol. The van der Waals surface area contributed by atoms with Crippen LogP contribution < -0.4 is 10.6 Å². The third-order valence-electron chi connectivity index (χ3n) is 5.44. The van der Waals surface area contributed by atoms with Crippen molar-refractivity contribution in [3.63, 3.8) is 0 Å². The number of halogens is 2. The van der Waals surface area contributed by atoms with Crippen LogP contribution in [0.3, 0.4) is 0 Å². The van der Waals surface area contributed by atoms with Crippen molar-refractivity contribution in [1.82, 2.24) is 24.8 Å². The predicted octanol–water partition coefficient (Wildman–Crippen LogP) is 4.75. The Balaban J connectivity index is 1.57. The smallest absolute Gasteiger partial charge is 0.209 e. The second-order valence-corrected chi connectivity index (χ2v) is 8.59. The van der Waals surface area contributed by atoms with Crippen LogP contribution in [0.5, 0.6) is 0 Å². The van der Waals surface area contributed by atoms with Gasteiger partial charge in [-0.25, -0.2) is 15.0 Å². The third kappa shape index (κ3) is 3.81. The van der Waals surface area contributed by atoms with E-state index in [1.807, 2.05) is 18.3 Å². The molecule has 1 aromatic carbocycles. The number of fused-ring (bicyclic) bond motifs is 1. The van der Waals surface area contributed by atoms with Crippen molar-refractivity contribution in [3.8, 4) is 0 Å². The van der Waals surface area contributed by atoms with Gasteiger partial charge in [0.2, 0.25) is 5.95 Å². The van der Waals surface area contributed by atoms with E-state index in [0.29, 0.717) is 16.1 Å². The van der Waals surface area contributed by atoms with E-state index in [1.165, 1.54) is 12.8 Å². The molecule has 0 unspecified atom stereocenters. The zero-order chi connectivity index (χ0) is 19.1. The molecule has 0 spiro atoms. The lowest BCUT2D eigenvalue weighted by molar-refractivity contribution is 0.376. The molecule has 8 heteroatoms. The minimum Gasteiger partial charge on any atom is -0.325 e. The van der Waals surface area contributed by atoms with Gasteiger partial charge in [-0.2, -0.15) is 0 Å². The number of nitrogens with zero attached hydrogens (tertiary/aromatic N) is 4. The number of hydrogen-bond donors (Lipinski definition) is 2. The highest BCUT2D eigenvalue weighted by molar-refractivity contribution is 6.35. The van der Waals surface area contributed by atoms with Crippen LogP contribution in [0.1, 0.15) is 37.5 Å². The molecule has 6 nitrogen and oxygen atoms in total. The van der Waals surface area contributed by atoms with Gasteiger partial charge >= 0.3 is 0 Å². The van der Waals surface area contributed by atoms with Gasteiger partial charge in [-0.05, 0) is 62.9 Å². The summed E-state index contributed by atoms with van der Waals surface area (Å²) in [7, 11) is 0. The summed E-state index contributed by atoms with van der Waals surface area (Å²) in [5.41, 5.74) is 2.54. The van der Waals surface area contributed by atoms with Crippen molar-refractivity contribution in [3.05, 3.63) is 40.3 Å². The van der Waals surface area contributed by atoms with Gasteiger partial charge < -0.3 is 10.6 Å². The van der Waals surface area contributed by atoms with E-state index < -0.39 is 0 Å². The third-order valence-corrected chi connectivity index (χ3v) is 5.88. The second kappa shape index (κ2) is 7.50. The van der Waals surface area contributed by atoms with Crippen molar-refractivity contribution >= 4 is 46.0 Å². The lowest BCUT2D eigenvalue weighted by atomic mass is 10.1. The molecule has 1 aliphatic carbocycles. The second-order valence-electron chi connectivity index (χ2n) is 7.71. The van der Waals surface area contributed by atoms with Crippen molar-refractivity contribution in [2.45, 2.75) is 38.1 Å². The minimum absolute atomic E-state index is 0.340. The summed E-state index contributed by atoms with van der Waals surface area (Å²) in [6.45, 7) is 1.99. The Morgan fingerprint density at radius 1 is 1.04 bits per heavy atom. The molecule has 2 fully saturated rings. The number of nitrogens with one attached hydrogen (secondary N) is 2. The van der Waals surface area contributed by atoms with Gasteiger partial charge in [0.05, 0.1) is 6.20 Å². The Labute approximate surface area is 173 Å². The van der Waals surface area contributed by atoms with Crippen LogP contribution in [0.25, 0.3) is 11.2 Å². The zero-order valence-electron chi connectivity index (χ0n) is 15.5. The molecule has 28 heavy (non-hydrogen) atoms. The summed E-state index contributed by atoms with van der Waals surface area (Å²) in [6.07, 6.45) is 7.47. The average Bonchev–Trinajstić information content (AvgIpc) is 3.41. The number of piperidine rings is 1. The highest BCUT2D eigenvalue weighted by Gasteiger charge is 2.26. The van der Waals surface area contributed by atoms with Gasteiger partial charge in [0.1, 0.15) is 11.3 Å². The molecule has 0 amide bonds. The Morgan fingerprint density at radius 2 is 1.79 bits per heavy atom. The van der Waals surface area contributed by atoms with Gasteiger partial charge in [-0.1, -0.05) is 23.2 Å². The van der Waals surface area contributed by atoms with Crippen LogP contribution in [0.15, 0.2) is 24.4 Å². The molecule has 0 radical (unpaired) electrons. The lowest BCUT2D eigenvalue weighted by Crippen LogP contribution is -2.30. The molecule has 5 rings (SSSR count). The Bertz CT molecular complexity index is 987. The molecule has 2 N–H and O–H groups in total. The normalized spacial score (nSPS) is 17.9. The molecular weight excluding hydrogens is 395 g/mol. The summed E-state index contributed by atoms with van der Waals surface area (Å²) in [5, 5.41) is 8.02. The number of aromatic nitrogens is 4. The van der Waals surface area contributed by atoms with Gasteiger partial charge in [-0.15, -0.1) is 0 Å². The Hall–Kier alpha value is -1.89. The van der Waals surface area contributed by atoms with E-state index in [9.17, 15) is 0 Å². The molecule has 2 aliphatic rings. The topological polar surface area (TPSA) is 67.7 Å². The highest BCUT2D eigenvalue weighted by atomic mass is 35.5. The largest absolute Gasteiger partial charge is 0.325 e. The van der Waals surface area contributed by atoms with Crippen molar-refractivity contribution in [2.75, 3.05) is 18.4 Å². The number of hydrogen-bond acceptors (Lipinski definition) is 5. The minimum atomic E-state index is 0.340. The van der Waals surface area contributed by atoms with Gasteiger partial charge in [0.25, 0.3) is 0 Å². The number of benzene rings is 1. The Kier molecular flexibility index (Phi) is 4.87. The molecule has 3 aromatic rings. The van der Waals surface area contributed by atoms with Crippen molar-refractivity contribution in [2.24, 2.45) is 5.92 Å². The summed E-state index contributed by atoms with van der Waals surface area (Å²) in [5.74, 6) is 2.43. The molecule has 0 bridgehead atoms. The maximum atomic E-state index is 6.18. The summed E-state index contributed by atoms with van der Waals surface area (Å²) in [4.78, 5) is 14.3. The van der Waals surface area contributed by atoms with Crippen molar-refractivity contribution < 1.29 is 0 Å². The zero-order valence-corrected chi connectivity index (χ0v) is 17.0. The van der Waals surface area contributed by atoms with Crippen molar-refractivity contribution in [1.29, 1.82) is 0 Å². The fourth-order valence-electron chi connectivity index (χ4n) is 3.86. The first-order valence-corrected chi connectivity index (χ1v) is 10.6. The number of imidazole rings is 1. The van der Waals surface area contributed by atoms with Gasteiger partial charge in [-0.3, -0.25) is 4.57 Å². The molecule has 1 saturated carbocycles. The molecule has 1 aliphatic heterocycles. The van der Waals surface area contributed by atoms with E-state index in [4.69, 9.17) is 33.2 Å². The molecule has 0 atom stereocenters. The first-order valence-electron chi connectivity index (χ1n) is 9.83. The van der Waals surface area contributed by atoms with Gasteiger partial charge in [0.15, 0.2) is 5.65 Å². The van der Waals surface area contributed by atoms with E-state index in [1.54, 1.807) is 6.07 Å². The lowest BCUT2D eigenvalue weighted by Gasteiger charge is -2.26. The molecule has 146 valence electrons. The molecule has 2 aromatic heterocycles. The monoisotopic (exact) mass is 416 g/mol. The van der Waals surface area contributed by atoms with Crippen LogP contribution >= 0.6 is 23.2 Å². The molecule has 1 saturated heterocycles. The fraction of sp³-hybridized carbons (Fsp3) is 0.450. The maximum absolute atomic E-state index is 6.18. The van der Waals surface area contributed by atoms with Crippen LogP contribution in [-0.4, -0.2) is 32.6 Å². The molecular formula is C20H22Cl2N6. The summed E-state index contributed by atoms with van der Waals surface area (Å²) >= 11 is 12.4. The van der Waals surface area contributed by atoms with Crippen LogP contribution in [0, 0.1) is 5.92 Å². The number of rotatable bonds is 5. The Morgan fingerprint density at radius 3 is 2.50 bits per heavy atom. The van der Waals surface area contributed by atoms with E-state index in [2.05, 4.69) is 20.2 Å². The maximum Gasteiger partial charge on any atom is 0.209 e. The van der Waals surface area contributed by atoms with E-state index >= 15 is 0 Å². The van der Waals surface area contributed by atoms with Crippen LogP contribution in [0.2, 0.25) is 10.0 Å². The van der Waals surface area contributed by atoms with Crippen LogP contribution in [0.4, 0.5) is 11.6 Å². The first-order chi connectivity index (χ1) is 13.7. The van der Waals surface area contributed by atoms with E-state index in [0.717, 1.165) is 66.9 Å². The summed E-state index contributed by atoms with van der Waals surface area (Å²) in [6, 6.07) is 5.76. The molecule has 3 heterocycles. The summed E-state index contributed by atoms with van der Waals surface area (Å²) < 4.78 is 2.24.